The SMILES string of the molecule is Cc1ccc([C@@H](CNC(=O)c2ccco2)N2CCC(C)CC2)o1. The predicted molar refractivity (Wildman–Crippen MR) is 87.2 cm³/mol. The molecule has 3 rings (SSSR count). The maximum Gasteiger partial charge on any atom is 0.287 e. The summed E-state index contributed by atoms with van der Waals surface area (Å²) in [7, 11) is 0. The van der Waals surface area contributed by atoms with Gasteiger partial charge in [-0.2, -0.15) is 0 Å². The van der Waals surface area contributed by atoms with E-state index in [-0.39, 0.29) is 11.9 Å². The molecule has 0 spiro atoms. The Labute approximate surface area is 136 Å². The summed E-state index contributed by atoms with van der Waals surface area (Å²) >= 11 is 0. The molecule has 1 fully saturated rings. The van der Waals surface area contributed by atoms with Crippen molar-refractivity contribution < 1.29 is 13.6 Å². The van der Waals surface area contributed by atoms with Gasteiger partial charge in [-0.05, 0) is 63.0 Å². The van der Waals surface area contributed by atoms with Crippen LogP contribution in [-0.2, 0) is 0 Å². The summed E-state index contributed by atoms with van der Waals surface area (Å²) < 4.78 is 11.0. The molecule has 5 heteroatoms. The van der Waals surface area contributed by atoms with Crippen LogP contribution in [0.25, 0.3) is 0 Å². The smallest absolute Gasteiger partial charge is 0.287 e. The molecule has 0 radical (unpaired) electrons. The lowest BCUT2D eigenvalue weighted by Gasteiger charge is -2.35. The van der Waals surface area contributed by atoms with Crippen molar-refractivity contribution in [2.24, 2.45) is 5.92 Å². The molecule has 1 aliphatic heterocycles. The molecule has 0 aliphatic carbocycles. The fraction of sp³-hybridized carbons (Fsp3) is 0.500. The van der Waals surface area contributed by atoms with Crippen LogP contribution in [0.15, 0.2) is 39.4 Å². The number of amides is 1. The number of nitrogens with one attached hydrogen (secondary N) is 1. The lowest BCUT2D eigenvalue weighted by molar-refractivity contribution is 0.0870. The van der Waals surface area contributed by atoms with Crippen LogP contribution in [0.2, 0.25) is 0 Å². The van der Waals surface area contributed by atoms with Crippen molar-refractivity contribution in [2.75, 3.05) is 19.6 Å². The number of hydrogen-bond acceptors (Lipinski definition) is 4. The molecule has 1 saturated heterocycles. The van der Waals surface area contributed by atoms with Crippen molar-refractivity contribution >= 4 is 5.91 Å². The Hall–Kier alpha value is -2.01. The van der Waals surface area contributed by atoms with E-state index in [4.69, 9.17) is 8.83 Å². The monoisotopic (exact) mass is 316 g/mol. The van der Waals surface area contributed by atoms with Crippen molar-refractivity contribution in [3.05, 3.63) is 47.8 Å². The van der Waals surface area contributed by atoms with Crippen molar-refractivity contribution in [2.45, 2.75) is 32.7 Å². The molecule has 2 aromatic rings. The van der Waals surface area contributed by atoms with Gasteiger partial charge in [0, 0.05) is 6.54 Å². The molecule has 0 unspecified atom stereocenters. The molecule has 124 valence electrons. The molecule has 1 N–H and O–H groups in total. The van der Waals surface area contributed by atoms with Gasteiger partial charge in [-0.25, -0.2) is 0 Å². The summed E-state index contributed by atoms with van der Waals surface area (Å²) in [6, 6.07) is 7.44. The fourth-order valence-electron chi connectivity index (χ4n) is 3.07. The molecule has 0 saturated carbocycles. The highest BCUT2D eigenvalue weighted by Gasteiger charge is 2.27. The zero-order valence-corrected chi connectivity index (χ0v) is 13.7. The van der Waals surface area contributed by atoms with Crippen LogP contribution < -0.4 is 5.32 Å². The number of hydrogen-bond donors (Lipinski definition) is 1. The minimum Gasteiger partial charge on any atom is -0.465 e. The van der Waals surface area contributed by atoms with E-state index in [9.17, 15) is 4.79 Å². The van der Waals surface area contributed by atoms with Crippen LogP contribution in [0.4, 0.5) is 0 Å². The Morgan fingerprint density at radius 1 is 1.35 bits per heavy atom. The van der Waals surface area contributed by atoms with Gasteiger partial charge in [0.2, 0.25) is 0 Å². The van der Waals surface area contributed by atoms with Gasteiger partial charge in [0.25, 0.3) is 5.91 Å². The minimum atomic E-state index is -0.186. The molecule has 1 aliphatic rings. The normalized spacial score (nSPS) is 18.0. The number of nitrogens with zero attached hydrogens (tertiary/aromatic N) is 1. The third kappa shape index (κ3) is 3.85. The van der Waals surface area contributed by atoms with Crippen LogP contribution in [-0.4, -0.2) is 30.4 Å². The van der Waals surface area contributed by atoms with E-state index in [1.165, 1.54) is 19.1 Å². The van der Waals surface area contributed by atoms with Crippen LogP contribution in [0, 0.1) is 12.8 Å². The first-order valence-corrected chi connectivity index (χ1v) is 8.25. The zero-order valence-electron chi connectivity index (χ0n) is 13.7. The van der Waals surface area contributed by atoms with Crippen LogP contribution >= 0.6 is 0 Å². The first-order chi connectivity index (χ1) is 11.1. The third-order valence-corrected chi connectivity index (χ3v) is 4.55. The van der Waals surface area contributed by atoms with Gasteiger partial charge in [0.05, 0.1) is 12.3 Å². The second-order valence-corrected chi connectivity index (χ2v) is 6.37. The zero-order chi connectivity index (χ0) is 16.2. The molecule has 0 aromatic carbocycles. The van der Waals surface area contributed by atoms with E-state index >= 15 is 0 Å². The van der Waals surface area contributed by atoms with Gasteiger partial charge in [-0.15, -0.1) is 0 Å². The molecule has 23 heavy (non-hydrogen) atoms. The van der Waals surface area contributed by atoms with Gasteiger partial charge < -0.3 is 14.2 Å². The van der Waals surface area contributed by atoms with Crippen molar-refractivity contribution in [3.63, 3.8) is 0 Å². The van der Waals surface area contributed by atoms with E-state index < -0.39 is 0 Å². The standard InChI is InChI=1S/C18H24N2O3/c1-13-7-9-20(10-8-13)15(16-6-5-14(2)23-16)12-19-18(21)17-4-3-11-22-17/h3-6,11,13,15H,7-10,12H2,1-2H3,(H,19,21)/t15-/m1/s1. The summed E-state index contributed by atoms with van der Waals surface area (Å²) in [4.78, 5) is 14.5. The van der Waals surface area contributed by atoms with E-state index in [1.807, 2.05) is 19.1 Å². The van der Waals surface area contributed by atoms with Gasteiger partial charge in [0.1, 0.15) is 11.5 Å². The molecular formula is C18H24N2O3. The quantitative estimate of drug-likeness (QED) is 0.918. The highest BCUT2D eigenvalue weighted by Crippen LogP contribution is 2.27. The largest absolute Gasteiger partial charge is 0.465 e. The Morgan fingerprint density at radius 3 is 2.74 bits per heavy atom. The average molecular weight is 316 g/mol. The maximum absolute atomic E-state index is 12.1. The van der Waals surface area contributed by atoms with E-state index in [1.54, 1.807) is 12.1 Å². The number of piperidine rings is 1. The van der Waals surface area contributed by atoms with E-state index in [0.717, 1.165) is 30.5 Å². The summed E-state index contributed by atoms with van der Waals surface area (Å²) in [6.45, 7) is 6.81. The molecule has 1 amide bonds. The van der Waals surface area contributed by atoms with E-state index in [2.05, 4.69) is 17.1 Å². The summed E-state index contributed by atoms with van der Waals surface area (Å²) in [5.74, 6) is 2.73. The number of carbonyl (C=O) groups is 1. The molecular weight excluding hydrogens is 292 g/mol. The number of furan rings is 2. The Kier molecular flexibility index (Phi) is 4.86. The Morgan fingerprint density at radius 2 is 2.13 bits per heavy atom. The number of rotatable bonds is 5. The number of likely N-dealkylation sites (tertiary alicyclic amines) is 1. The van der Waals surface area contributed by atoms with Gasteiger partial charge in [0.15, 0.2) is 5.76 Å². The van der Waals surface area contributed by atoms with E-state index in [0.29, 0.717) is 12.3 Å². The van der Waals surface area contributed by atoms with Crippen LogP contribution in [0.3, 0.4) is 0 Å². The second kappa shape index (κ2) is 7.04. The van der Waals surface area contributed by atoms with Crippen LogP contribution in [0.5, 0.6) is 0 Å². The Bertz CT molecular complexity index is 624. The minimum absolute atomic E-state index is 0.0649. The van der Waals surface area contributed by atoms with Crippen molar-refractivity contribution in [1.29, 1.82) is 0 Å². The molecule has 2 aromatic heterocycles. The molecule has 1 atom stereocenters. The Balaban J connectivity index is 1.69. The lowest BCUT2D eigenvalue weighted by Crippen LogP contribution is -2.41. The van der Waals surface area contributed by atoms with Gasteiger partial charge in [-0.1, -0.05) is 6.92 Å². The third-order valence-electron chi connectivity index (χ3n) is 4.55. The lowest BCUT2D eigenvalue weighted by atomic mass is 9.97. The average Bonchev–Trinajstić information content (AvgIpc) is 3.21. The maximum atomic E-state index is 12.1. The molecule has 5 nitrogen and oxygen atoms in total. The van der Waals surface area contributed by atoms with Gasteiger partial charge in [-0.3, -0.25) is 9.69 Å². The van der Waals surface area contributed by atoms with Gasteiger partial charge >= 0.3 is 0 Å². The summed E-state index contributed by atoms with van der Waals surface area (Å²) in [5.41, 5.74) is 0. The predicted octanol–water partition coefficient (Wildman–Crippen LogP) is 3.38. The number of carbonyl (C=O) groups excluding carboxylic acids is 1. The van der Waals surface area contributed by atoms with Crippen LogP contribution in [0.1, 0.15) is 47.9 Å². The highest BCUT2D eigenvalue weighted by molar-refractivity contribution is 5.91. The highest BCUT2D eigenvalue weighted by atomic mass is 16.3. The molecule has 3 heterocycles. The topological polar surface area (TPSA) is 58.6 Å². The first kappa shape index (κ1) is 15.9. The van der Waals surface area contributed by atoms with Crippen molar-refractivity contribution in [3.8, 4) is 0 Å². The number of aryl methyl sites for hydroxylation is 1. The fourth-order valence-corrected chi connectivity index (χ4v) is 3.07. The summed E-state index contributed by atoms with van der Waals surface area (Å²) in [5, 5.41) is 2.97. The molecule has 0 bridgehead atoms. The second-order valence-electron chi connectivity index (χ2n) is 6.37. The first-order valence-electron chi connectivity index (χ1n) is 8.25. The summed E-state index contributed by atoms with van der Waals surface area (Å²) in [6.07, 6.45) is 3.87. The van der Waals surface area contributed by atoms with Crippen molar-refractivity contribution in [1.82, 2.24) is 10.2 Å².